The van der Waals surface area contributed by atoms with E-state index in [0.29, 0.717) is 17.0 Å². The number of carbonyl (C=O) groups excluding carboxylic acids is 1. The number of anilines is 1. The molecule has 0 bridgehead atoms. The van der Waals surface area contributed by atoms with Gasteiger partial charge in [0.1, 0.15) is 41.3 Å². The van der Waals surface area contributed by atoms with Crippen LogP contribution in [0.5, 0.6) is 0 Å². The number of aliphatic hydroxyl groups is 1. The van der Waals surface area contributed by atoms with Gasteiger partial charge in [-0.05, 0) is 26.0 Å². The molecular weight excluding hydrogens is 417 g/mol. The summed E-state index contributed by atoms with van der Waals surface area (Å²) in [5.41, 5.74) is 4.55. The van der Waals surface area contributed by atoms with Crippen LogP contribution in [0, 0.1) is 0 Å². The van der Waals surface area contributed by atoms with Gasteiger partial charge in [-0.2, -0.15) is 5.10 Å². The van der Waals surface area contributed by atoms with Crippen LogP contribution in [0.25, 0.3) is 5.52 Å². The largest absolute Gasteiger partial charge is 0.465 e. The van der Waals surface area contributed by atoms with Crippen LogP contribution in [0.1, 0.15) is 26.0 Å². The average Bonchev–Trinajstić information content (AvgIpc) is 2.99. The first-order chi connectivity index (χ1) is 14.2. The molecule has 12 nitrogen and oxygen atoms in total. The number of nitrogens with zero attached hydrogens (tertiary/aromatic N) is 3. The van der Waals surface area contributed by atoms with E-state index in [9.17, 15) is 14.5 Å². The lowest BCUT2D eigenvalue weighted by Gasteiger charge is -2.34. The van der Waals surface area contributed by atoms with E-state index in [4.69, 9.17) is 24.3 Å². The molecule has 13 heteroatoms. The van der Waals surface area contributed by atoms with Crippen LogP contribution in [0.15, 0.2) is 18.5 Å². The minimum Gasteiger partial charge on any atom is -0.465 e. The van der Waals surface area contributed by atoms with Crippen LogP contribution in [-0.2, 0) is 33.5 Å². The lowest BCUT2D eigenvalue weighted by atomic mass is 10.1. The molecule has 30 heavy (non-hydrogen) atoms. The summed E-state index contributed by atoms with van der Waals surface area (Å²) >= 11 is 0. The maximum Gasteiger partial charge on any atom is 0.406 e. The standard InChI is InChI=1S/C17H22N5O7P/c1-3-26-15(23)9(2)21-30(25)27-6-11-13(29-30)16(24)7-17(16,28-11)12-5-4-10-14(18)19-8-20-22(10)12/h4-5,8-9,11,13,24H,3,6-7H2,1-2H3,(H,21,25)(H2,18,19,20)/t9-,11+,13+,16+,17-,30?/m0/s1. The second-order valence-electron chi connectivity index (χ2n) is 7.67. The molecule has 1 aliphatic carbocycles. The Morgan fingerprint density at radius 2 is 2.37 bits per heavy atom. The maximum atomic E-state index is 13.1. The summed E-state index contributed by atoms with van der Waals surface area (Å²) in [6.45, 7) is 3.29. The smallest absolute Gasteiger partial charge is 0.406 e. The quantitative estimate of drug-likeness (QED) is 0.428. The monoisotopic (exact) mass is 439 g/mol. The number of esters is 1. The van der Waals surface area contributed by atoms with Gasteiger partial charge in [-0.3, -0.25) is 13.8 Å². The number of fused-ring (bicyclic) bond motifs is 4. The zero-order valence-corrected chi connectivity index (χ0v) is 17.2. The van der Waals surface area contributed by atoms with Crippen LogP contribution in [0.4, 0.5) is 5.82 Å². The van der Waals surface area contributed by atoms with E-state index < -0.39 is 43.2 Å². The lowest BCUT2D eigenvalue weighted by Crippen LogP contribution is -2.46. The molecule has 2 saturated heterocycles. The van der Waals surface area contributed by atoms with Crippen molar-refractivity contribution >= 4 is 25.1 Å². The Hall–Kier alpha value is -2.08. The minimum atomic E-state index is -3.88. The number of nitrogen functional groups attached to an aromatic ring is 1. The Morgan fingerprint density at radius 1 is 1.57 bits per heavy atom. The second-order valence-corrected chi connectivity index (χ2v) is 9.39. The van der Waals surface area contributed by atoms with Crippen molar-refractivity contribution in [1.82, 2.24) is 19.7 Å². The zero-order valence-electron chi connectivity index (χ0n) is 16.3. The van der Waals surface area contributed by atoms with Gasteiger partial charge >= 0.3 is 13.7 Å². The Labute approximate surface area is 171 Å². The molecule has 0 amide bonds. The van der Waals surface area contributed by atoms with E-state index in [1.807, 2.05) is 0 Å². The molecule has 4 N–H and O–H groups in total. The van der Waals surface area contributed by atoms with Gasteiger partial charge in [0, 0.05) is 6.42 Å². The van der Waals surface area contributed by atoms with E-state index in [0.717, 1.165) is 0 Å². The van der Waals surface area contributed by atoms with E-state index >= 15 is 0 Å². The van der Waals surface area contributed by atoms with Gasteiger partial charge in [0.05, 0.1) is 18.9 Å². The van der Waals surface area contributed by atoms with Crippen molar-refractivity contribution in [3.8, 4) is 0 Å². The highest BCUT2D eigenvalue weighted by atomic mass is 31.2. The molecule has 3 fully saturated rings. The van der Waals surface area contributed by atoms with E-state index in [1.165, 1.54) is 13.3 Å². The minimum absolute atomic E-state index is 0.0744. The summed E-state index contributed by atoms with van der Waals surface area (Å²) in [5, 5.41) is 18.1. The second kappa shape index (κ2) is 6.46. The fourth-order valence-electron chi connectivity index (χ4n) is 4.32. The van der Waals surface area contributed by atoms with Crippen molar-refractivity contribution in [3.05, 3.63) is 24.2 Å². The highest BCUT2D eigenvalue weighted by molar-refractivity contribution is 7.51. The molecule has 1 unspecified atom stereocenters. The number of carbonyl (C=O) groups is 1. The Kier molecular flexibility index (Phi) is 4.27. The number of hydrogen-bond donors (Lipinski definition) is 3. The Morgan fingerprint density at radius 3 is 3.13 bits per heavy atom. The normalized spacial score (nSPS) is 38.1. The number of rotatable bonds is 5. The Balaban J connectivity index is 1.41. The van der Waals surface area contributed by atoms with E-state index in [1.54, 1.807) is 23.6 Å². The maximum absolute atomic E-state index is 13.1. The van der Waals surface area contributed by atoms with Crippen LogP contribution < -0.4 is 10.8 Å². The molecule has 5 rings (SSSR count). The molecule has 3 aliphatic rings. The molecule has 2 aromatic heterocycles. The van der Waals surface area contributed by atoms with Gasteiger partial charge in [-0.15, -0.1) is 0 Å². The highest BCUT2D eigenvalue weighted by Crippen LogP contribution is 2.70. The van der Waals surface area contributed by atoms with Crippen LogP contribution in [0.2, 0.25) is 0 Å². The third-order valence-electron chi connectivity index (χ3n) is 5.80. The molecule has 162 valence electrons. The van der Waals surface area contributed by atoms with Crippen molar-refractivity contribution in [3.63, 3.8) is 0 Å². The number of nitrogens with one attached hydrogen (secondary N) is 1. The number of ether oxygens (including phenoxy) is 2. The summed E-state index contributed by atoms with van der Waals surface area (Å²) in [7, 11) is -3.88. The third kappa shape index (κ3) is 2.65. The van der Waals surface area contributed by atoms with Gasteiger partial charge in [0.2, 0.25) is 0 Å². The summed E-state index contributed by atoms with van der Waals surface area (Å²) in [6, 6.07) is 2.59. The van der Waals surface area contributed by atoms with Gasteiger partial charge in [0.25, 0.3) is 0 Å². The SMILES string of the molecule is CCOC(=O)[C@H](C)NP1(=O)OC[C@H]2O[C@]3(c4ccc5c(N)ncnn45)C[C@@]3(O)[C@@H]2O1. The van der Waals surface area contributed by atoms with E-state index in [-0.39, 0.29) is 19.6 Å². The fraction of sp³-hybridized carbons (Fsp3) is 0.588. The van der Waals surface area contributed by atoms with Gasteiger partial charge in [-0.1, -0.05) is 0 Å². The van der Waals surface area contributed by atoms with Crippen molar-refractivity contribution in [2.75, 3.05) is 18.9 Å². The summed E-state index contributed by atoms with van der Waals surface area (Å²) in [6.07, 6.45) is -0.00985. The first kappa shape index (κ1) is 19.9. The lowest BCUT2D eigenvalue weighted by molar-refractivity contribution is -0.145. The average molecular weight is 439 g/mol. The molecule has 0 radical (unpaired) electrons. The van der Waals surface area contributed by atoms with Crippen LogP contribution >= 0.6 is 7.75 Å². The predicted octanol–water partition coefficient (Wildman–Crippen LogP) is 0.105. The van der Waals surface area contributed by atoms with Gasteiger partial charge < -0.3 is 20.3 Å². The molecule has 2 aromatic rings. The van der Waals surface area contributed by atoms with Gasteiger partial charge in [-0.25, -0.2) is 19.2 Å². The van der Waals surface area contributed by atoms with Crippen molar-refractivity contribution in [1.29, 1.82) is 0 Å². The van der Waals surface area contributed by atoms with Crippen molar-refractivity contribution < 1.29 is 33.0 Å². The predicted molar refractivity (Wildman–Crippen MR) is 101 cm³/mol. The fourth-order valence-corrected chi connectivity index (χ4v) is 6.05. The Bertz CT molecular complexity index is 1080. The van der Waals surface area contributed by atoms with Crippen LogP contribution in [0.3, 0.4) is 0 Å². The van der Waals surface area contributed by atoms with Crippen molar-refractivity contribution in [2.45, 2.75) is 49.7 Å². The highest BCUT2D eigenvalue weighted by Gasteiger charge is 2.82. The van der Waals surface area contributed by atoms with Crippen molar-refractivity contribution in [2.24, 2.45) is 0 Å². The topological polar surface area (TPSA) is 160 Å². The summed E-state index contributed by atoms with van der Waals surface area (Å²) < 4.78 is 36.8. The number of nitrogens with two attached hydrogens (primary N) is 1. The first-order valence-corrected chi connectivity index (χ1v) is 11.1. The molecule has 1 saturated carbocycles. The van der Waals surface area contributed by atoms with Gasteiger partial charge in [0.15, 0.2) is 5.82 Å². The number of hydrogen-bond acceptors (Lipinski definition) is 10. The zero-order chi connectivity index (χ0) is 21.3. The first-order valence-electron chi connectivity index (χ1n) is 9.59. The molecule has 0 aromatic carbocycles. The molecule has 4 heterocycles. The molecule has 2 aliphatic heterocycles. The summed E-state index contributed by atoms with van der Waals surface area (Å²) in [4.78, 5) is 15.8. The van der Waals surface area contributed by atoms with Crippen LogP contribution in [-0.4, -0.2) is 62.7 Å². The third-order valence-corrected chi connectivity index (χ3v) is 7.50. The van der Waals surface area contributed by atoms with E-state index in [2.05, 4.69) is 15.2 Å². The molecular formula is C17H22N5O7P. The number of aromatic nitrogens is 3. The summed E-state index contributed by atoms with van der Waals surface area (Å²) in [5.74, 6) is -0.283. The molecule has 6 atom stereocenters. The molecule has 0 spiro atoms.